The number of aromatic nitrogens is 3. The Bertz CT molecular complexity index is 957. The van der Waals surface area contributed by atoms with Gasteiger partial charge < -0.3 is 16.0 Å². The van der Waals surface area contributed by atoms with E-state index >= 15 is 0 Å². The second-order valence-electron chi connectivity index (χ2n) is 6.16. The summed E-state index contributed by atoms with van der Waals surface area (Å²) in [6, 6.07) is 3.12. The number of pyridine rings is 1. The van der Waals surface area contributed by atoms with Gasteiger partial charge >= 0.3 is 0 Å². The van der Waals surface area contributed by atoms with E-state index in [0.717, 1.165) is 24.0 Å². The van der Waals surface area contributed by atoms with Crippen LogP contribution in [-0.2, 0) is 0 Å². The van der Waals surface area contributed by atoms with Crippen molar-refractivity contribution in [3.63, 3.8) is 0 Å². The number of carbonyl (C=O) groups excluding carboxylic acids is 1. The number of hydrogen-bond donors (Lipinski definition) is 3. The predicted molar refractivity (Wildman–Crippen MR) is 97.8 cm³/mol. The fraction of sp³-hybridized carbons (Fsp3) is 0.294. The van der Waals surface area contributed by atoms with E-state index < -0.39 is 5.82 Å². The van der Waals surface area contributed by atoms with Crippen molar-refractivity contribution >= 4 is 33.4 Å². The molecule has 0 aromatic carbocycles. The van der Waals surface area contributed by atoms with Crippen LogP contribution in [0.25, 0.3) is 10.2 Å². The SMILES string of the molecule is C[C@H](Nc1nc(C(=O)NC2CNC2)c2sccc2n1)c1cncc(F)c1. The van der Waals surface area contributed by atoms with Gasteiger partial charge in [0.1, 0.15) is 5.82 Å². The van der Waals surface area contributed by atoms with Crippen molar-refractivity contribution in [1.82, 2.24) is 25.6 Å². The van der Waals surface area contributed by atoms with E-state index in [1.807, 2.05) is 18.4 Å². The second-order valence-corrected chi connectivity index (χ2v) is 7.08. The number of nitrogens with zero attached hydrogens (tertiary/aromatic N) is 3. The number of halogens is 1. The van der Waals surface area contributed by atoms with E-state index in [0.29, 0.717) is 22.7 Å². The highest BCUT2D eigenvalue weighted by atomic mass is 32.1. The third-order valence-corrected chi connectivity index (χ3v) is 5.12. The zero-order chi connectivity index (χ0) is 18.1. The van der Waals surface area contributed by atoms with Crippen LogP contribution in [0.5, 0.6) is 0 Å². The van der Waals surface area contributed by atoms with Gasteiger partial charge in [0.25, 0.3) is 5.91 Å². The van der Waals surface area contributed by atoms with Gasteiger partial charge in [-0.15, -0.1) is 11.3 Å². The third-order valence-electron chi connectivity index (χ3n) is 4.21. The summed E-state index contributed by atoms with van der Waals surface area (Å²) in [5.74, 6) is -0.293. The zero-order valence-corrected chi connectivity index (χ0v) is 14.8. The maximum Gasteiger partial charge on any atom is 0.271 e. The third kappa shape index (κ3) is 3.35. The van der Waals surface area contributed by atoms with Crippen LogP contribution in [0, 0.1) is 5.82 Å². The van der Waals surface area contributed by atoms with Crippen LogP contribution in [0.2, 0.25) is 0 Å². The Morgan fingerprint density at radius 2 is 2.23 bits per heavy atom. The van der Waals surface area contributed by atoms with Crippen molar-refractivity contribution in [2.45, 2.75) is 19.0 Å². The Morgan fingerprint density at radius 3 is 2.96 bits per heavy atom. The van der Waals surface area contributed by atoms with Crippen molar-refractivity contribution in [3.8, 4) is 0 Å². The van der Waals surface area contributed by atoms with Gasteiger partial charge in [-0.3, -0.25) is 9.78 Å². The number of thiophene rings is 1. The molecule has 0 radical (unpaired) electrons. The molecule has 4 rings (SSSR count). The Labute approximate surface area is 153 Å². The van der Waals surface area contributed by atoms with Crippen molar-refractivity contribution in [2.75, 3.05) is 18.4 Å². The van der Waals surface area contributed by atoms with Crippen molar-refractivity contribution in [1.29, 1.82) is 0 Å². The van der Waals surface area contributed by atoms with E-state index in [2.05, 4.69) is 30.9 Å². The lowest BCUT2D eigenvalue weighted by molar-refractivity contribution is 0.0921. The van der Waals surface area contributed by atoms with Gasteiger partial charge in [0, 0.05) is 19.3 Å². The van der Waals surface area contributed by atoms with Gasteiger partial charge in [-0.25, -0.2) is 14.4 Å². The highest BCUT2D eigenvalue weighted by molar-refractivity contribution is 7.17. The quantitative estimate of drug-likeness (QED) is 0.635. The summed E-state index contributed by atoms with van der Waals surface area (Å²) >= 11 is 1.43. The molecule has 1 atom stereocenters. The molecule has 1 aliphatic rings. The molecule has 1 amide bonds. The van der Waals surface area contributed by atoms with Crippen molar-refractivity contribution in [2.24, 2.45) is 0 Å². The minimum absolute atomic E-state index is 0.126. The van der Waals surface area contributed by atoms with Crippen LogP contribution in [0.4, 0.5) is 10.3 Å². The molecule has 134 valence electrons. The Balaban J connectivity index is 1.61. The van der Waals surface area contributed by atoms with E-state index in [-0.39, 0.29) is 18.0 Å². The molecular formula is C17H17FN6OS. The van der Waals surface area contributed by atoms with Crippen LogP contribution in [0.1, 0.15) is 29.0 Å². The van der Waals surface area contributed by atoms with Crippen LogP contribution in [-0.4, -0.2) is 40.0 Å². The van der Waals surface area contributed by atoms with Gasteiger partial charge in [0.15, 0.2) is 5.69 Å². The summed E-state index contributed by atoms with van der Waals surface area (Å²) in [6.07, 6.45) is 2.74. The molecule has 3 N–H and O–H groups in total. The smallest absolute Gasteiger partial charge is 0.271 e. The van der Waals surface area contributed by atoms with Crippen LogP contribution in [0.3, 0.4) is 0 Å². The highest BCUT2D eigenvalue weighted by Gasteiger charge is 2.23. The summed E-state index contributed by atoms with van der Waals surface area (Å²) in [6.45, 7) is 3.38. The molecule has 0 unspecified atom stereocenters. The molecule has 3 aromatic heterocycles. The van der Waals surface area contributed by atoms with Gasteiger partial charge in [-0.2, -0.15) is 0 Å². The Morgan fingerprint density at radius 1 is 1.38 bits per heavy atom. The minimum atomic E-state index is -0.403. The van der Waals surface area contributed by atoms with E-state index in [1.165, 1.54) is 17.4 Å². The average molecular weight is 372 g/mol. The van der Waals surface area contributed by atoms with Crippen LogP contribution in [0.15, 0.2) is 29.9 Å². The molecule has 4 heterocycles. The minimum Gasteiger partial charge on any atom is -0.348 e. The first kappa shape index (κ1) is 16.8. The molecule has 7 nitrogen and oxygen atoms in total. The lowest BCUT2D eigenvalue weighted by Crippen LogP contribution is -2.57. The first-order valence-corrected chi connectivity index (χ1v) is 9.12. The maximum atomic E-state index is 13.4. The number of carbonyl (C=O) groups is 1. The second kappa shape index (κ2) is 6.93. The molecule has 26 heavy (non-hydrogen) atoms. The Hall–Kier alpha value is -2.65. The summed E-state index contributed by atoms with van der Waals surface area (Å²) in [4.78, 5) is 25.3. The fourth-order valence-corrected chi connectivity index (χ4v) is 3.49. The number of nitrogens with one attached hydrogen (secondary N) is 3. The van der Waals surface area contributed by atoms with Crippen molar-refractivity contribution in [3.05, 3.63) is 47.0 Å². The van der Waals surface area contributed by atoms with Gasteiger partial charge in [-0.05, 0) is 30.0 Å². The zero-order valence-electron chi connectivity index (χ0n) is 14.0. The molecule has 0 saturated carbocycles. The first-order valence-electron chi connectivity index (χ1n) is 8.24. The summed E-state index contributed by atoms with van der Waals surface area (Å²) in [5.41, 5.74) is 1.73. The lowest BCUT2D eigenvalue weighted by Gasteiger charge is -2.27. The number of anilines is 1. The normalized spacial score (nSPS) is 15.5. The van der Waals surface area contributed by atoms with Gasteiger partial charge in [-0.1, -0.05) is 0 Å². The van der Waals surface area contributed by atoms with Crippen LogP contribution >= 0.6 is 11.3 Å². The number of rotatable bonds is 5. The molecule has 9 heteroatoms. The molecule has 0 bridgehead atoms. The number of hydrogen-bond acceptors (Lipinski definition) is 7. The first-order chi connectivity index (χ1) is 12.6. The number of amides is 1. The van der Waals surface area contributed by atoms with E-state index in [1.54, 1.807) is 6.20 Å². The predicted octanol–water partition coefficient (Wildman–Crippen LogP) is 2.10. The Kier molecular flexibility index (Phi) is 4.48. The molecule has 0 aliphatic carbocycles. The monoisotopic (exact) mass is 372 g/mol. The standard InChI is InChI=1S/C17H17FN6OS/c1-9(10-4-11(18)6-19-5-10)21-17-23-13-2-3-26-15(13)14(24-17)16(25)22-12-7-20-8-12/h2-6,9,12,20H,7-8H2,1H3,(H,22,25)(H,21,23,24)/t9-/m0/s1. The molecule has 1 fully saturated rings. The van der Waals surface area contributed by atoms with Crippen LogP contribution < -0.4 is 16.0 Å². The topological polar surface area (TPSA) is 91.8 Å². The van der Waals surface area contributed by atoms with Crippen molar-refractivity contribution < 1.29 is 9.18 Å². The van der Waals surface area contributed by atoms with E-state index in [4.69, 9.17) is 0 Å². The summed E-state index contributed by atoms with van der Waals surface area (Å²) in [7, 11) is 0. The fourth-order valence-electron chi connectivity index (χ4n) is 2.67. The summed E-state index contributed by atoms with van der Waals surface area (Å²) in [5, 5.41) is 11.1. The highest BCUT2D eigenvalue weighted by Crippen LogP contribution is 2.25. The summed E-state index contributed by atoms with van der Waals surface area (Å²) < 4.78 is 14.1. The average Bonchev–Trinajstić information content (AvgIpc) is 3.05. The van der Waals surface area contributed by atoms with E-state index in [9.17, 15) is 9.18 Å². The van der Waals surface area contributed by atoms with Gasteiger partial charge in [0.05, 0.1) is 28.5 Å². The van der Waals surface area contributed by atoms with Gasteiger partial charge in [0.2, 0.25) is 5.95 Å². The lowest BCUT2D eigenvalue weighted by atomic mass is 10.1. The molecule has 3 aromatic rings. The maximum absolute atomic E-state index is 13.4. The molecule has 0 spiro atoms. The molecule has 1 saturated heterocycles. The largest absolute Gasteiger partial charge is 0.348 e. The molecule has 1 aliphatic heterocycles. The number of fused-ring (bicyclic) bond motifs is 1. The molecular weight excluding hydrogens is 355 g/mol.